The number of nitriles is 1. The minimum Gasteiger partial charge on any atom is -0.299 e. The largest absolute Gasteiger partial charge is 0.299 e. The molecule has 0 amide bonds. The molecule has 0 aromatic heterocycles. The van der Waals surface area contributed by atoms with Crippen LogP contribution in [0.2, 0.25) is 0 Å². The minimum absolute atomic E-state index is 0.142. The summed E-state index contributed by atoms with van der Waals surface area (Å²) < 4.78 is 13.0. The second-order valence-corrected chi connectivity index (χ2v) is 3.56. The minimum atomic E-state index is -0.431. The number of nitrogens with zero attached hydrogens (tertiary/aromatic N) is 2. The van der Waals surface area contributed by atoms with Gasteiger partial charge in [-0.3, -0.25) is 4.90 Å². The first kappa shape index (κ1) is 9.17. The monoisotopic (exact) mass is 190 g/mol. The van der Waals surface area contributed by atoms with Gasteiger partial charge in [0.25, 0.3) is 0 Å². The maximum atomic E-state index is 13.0. The smallest absolute Gasteiger partial charge is 0.140 e. The summed E-state index contributed by atoms with van der Waals surface area (Å²) in [6, 6.07) is 6.60. The quantitative estimate of drug-likeness (QED) is 0.712. The summed E-state index contributed by atoms with van der Waals surface area (Å²) in [6.07, 6.45) is 1.24. The average Bonchev–Trinajstić information content (AvgIpc) is 2.14. The van der Waals surface area contributed by atoms with Crippen molar-refractivity contribution in [2.45, 2.75) is 13.0 Å². The molecule has 2 nitrogen and oxygen atoms in total. The van der Waals surface area contributed by atoms with E-state index in [9.17, 15) is 4.39 Å². The zero-order valence-electron chi connectivity index (χ0n) is 7.83. The molecule has 1 saturated heterocycles. The highest BCUT2D eigenvalue weighted by Crippen LogP contribution is 2.15. The summed E-state index contributed by atoms with van der Waals surface area (Å²) in [5.41, 5.74) is 1.16. The lowest BCUT2D eigenvalue weighted by Crippen LogP contribution is -2.36. The predicted molar refractivity (Wildman–Crippen MR) is 51.0 cm³/mol. The zero-order chi connectivity index (χ0) is 9.97. The standard InChI is InChI=1S/C11H11FN2/c12-11-3-2-9(6-10(11)7-13)8-14-4-1-5-14/h2-3,6H,1,4-5,8H2. The summed E-state index contributed by atoms with van der Waals surface area (Å²) in [7, 11) is 0. The van der Waals surface area contributed by atoms with Gasteiger partial charge in [0.2, 0.25) is 0 Å². The molecule has 0 radical (unpaired) electrons. The predicted octanol–water partition coefficient (Wildman–Crippen LogP) is 1.90. The zero-order valence-corrected chi connectivity index (χ0v) is 7.83. The fraction of sp³-hybridized carbons (Fsp3) is 0.364. The fourth-order valence-electron chi connectivity index (χ4n) is 1.55. The van der Waals surface area contributed by atoms with Crippen LogP contribution in [0, 0.1) is 17.1 Å². The second kappa shape index (κ2) is 3.77. The molecule has 0 atom stereocenters. The highest BCUT2D eigenvalue weighted by molar-refractivity contribution is 5.34. The first-order chi connectivity index (χ1) is 6.79. The Labute approximate surface area is 82.6 Å². The van der Waals surface area contributed by atoms with Crippen LogP contribution in [0.4, 0.5) is 4.39 Å². The van der Waals surface area contributed by atoms with Gasteiger partial charge in [-0.15, -0.1) is 0 Å². The van der Waals surface area contributed by atoms with Gasteiger partial charge >= 0.3 is 0 Å². The van der Waals surface area contributed by atoms with E-state index in [-0.39, 0.29) is 5.56 Å². The van der Waals surface area contributed by atoms with Crippen molar-refractivity contribution in [3.8, 4) is 6.07 Å². The van der Waals surface area contributed by atoms with Crippen molar-refractivity contribution in [1.29, 1.82) is 5.26 Å². The number of benzene rings is 1. The van der Waals surface area contributed by atoms with Crippen molar-refractivity contribution in [3.63, 3.8) is 0 Å². The molecular weight excluding hydrogens is 179 g/mol. The third-order valence-corrected chi connectivity index (χ3v) is 2.51. The van der Waals surface area contributed by atoms with E-state index in [0.717, 1.165) is 25.2 Å². The van der Waals surface area contributed by atoms with Crippen LogP contribution in [-0.4, -0.2) is 18.0 Å². The van der Waals surface area contributed by atoms with Gasteiger partial charge in [0.1, 0.15) is 11.9 Å². The van der Waals surface area contributed by atoms with Crippen LogP contribution >= 0.6 is 0 Å². The summed E-state index contributed by atoms with van der Waals surface area (Å²) in [5, 5.41) is 8.64. The fourth-order valence-corrected chi connectivity index (χ4v) is 1.55. The van der Waals surface area contributed by atoms with Gasteiger partial charge in [0.05, 0.1) is 5.56 Å². The second-order valence-electron chi connectivity index (χ2n) is 3.56. The molecule has 72 valence electrons. The van der Waals surface area contributed by atoms with Gasteiger partial charge in [-0.05, 0) is 37.2 Å². The third-order valence-electron chi connectivity index (χ3n) is 2.51. The van der Waals surface area contributed by atoms with Crippen LogP contribution in [0.3, 0.4) is 0 Å². The molecule has 1 aliphatic heterocycles. The van der Waals surface area contributed by atoms with Gasteiger partial charge in [-0.2, -0.15) is 5.26 Å². The number of rotatable bonds is 2. The van der Waals surface area contributed by atoms with Crippen LogP contribution in [0.5, 0.6) is 0 Å². The summed E-state index contributed by atoms with van der Waals surface area (Å²) in [6.45, 7) is 3.05. The topological polar surface area (TPSA) is 27.0 Å². The molecule has 1 aromatic rings. The number of halogens is 1. The molecular formula is C11H11FN2. The SMILES string of the molecule is N#Cc1cc(CN2CCC2)ccc1F. The Balaban J connectivity index is 2.14. The lowest BCUT2D eigenvalue weighted by Gasteiger charge is -2.30. The number of likely N-dealkylation sites (tertiary alicyclic amines) is 1. The first-order valence-electron chi connectivity index (χ1n) is 4.70. The molecule has 0 bridgehead atoms. The van der Waals surface area contributed by atoms with E-state index in [0.29, 0.717) is 0 Å². The van der Waals surface area contributed by atoms with Crippen molar-refractivity contribution in [2.24, 2.45) is 0 Å². The van der Waals surface area contributed by atoms with Crippen molar-refractivity contribution in [1.82, 2.24) is 4.90 Å². The highest BCUT2D eigenvalue weighted by Gasteiger charge is 2.14. The van der Waals surface area contributed by atoms with E-state index < -0.39 is 5.82 Å². The Morgan fingerprint density at radius 3 is 2.79 bits per heavy atom. The molecule has 1 aliphatic rings. The lowest BCUT2D eigenvalue weighted by atomic mass is 10.1. The average molecular weight is 190 g/mol. The summed E-state index contributed by atoms with van der Waals surface area (Å²) in [4.78, 5) is 2.27. The molecule has 1 fully saturated rings. The molecule has 14 heavy (non-hydrogen) atoms. The molecule has 0 spiro atoms. The van der Waals surface area contributed by atoms with Crippen LogP contribution in [0.1, 0.15) is 17.5 Å². The summed E-state index contributed by atoms with van der Waals surface area (Å²) in [5.74, 6) is -0.431. The molecule has 0 unspecified atom stereocenters. The maximum Gasteiger partial charge on any atom is 0.140 e. The van der Waals surface area contributed by atoms with Gasteiger partial charge in [0, 0.05) is 6.54 Å². The molecule has 0 N–H and O–H groups in total. The lowest BCUT2D eigenvalue weighted by molar-refractivity contribution is 0.172. The maximum absolute atomic E-state index is 13.0. The Morgan fingerprint density at radius 2 is 2.21 bits per heavy atom. The molecule has 3 heteroatoms. The normalized spacial score (nSPS) is 16.0. The Morgan fingerprint density at radius 1 is 1.43 bits per heavy atom. The Kier molecular flexibility index (Phi) is 2.47. The van der Waals surface area contributed by atoms with E-state index in [1.54, 1.807) is 12.1 Å². The molecule has 1 aromatic carbocycles. The van der Waals surface area contributed by atoms with Gasteiger partial charge in [-0.1, -0.05) is 6.07 Å². The highest BCUT2D eigenvalue weighted by atomic mass is 19.1. The van der Waals surface area contributed by atoms with E-state index in [1.807, 2.05) is 6.07 Å². The molecule has 0 saturated carbocycles. The van der Waals surface area contributed by atoms with Gasteiger partial charge < -0.3 is 0 Å². The van der Waals surface area contributed by atoms with Crippen LogP contribution < -0.4 is 0 Å². The van der Waals surface area contributed by atoms with Crippen molar-refractivity contribution < 1.29 is 4.39 Å². The van der Waals surface area contributed by atoms with Crippen LogP contribution in [-0.2, 0) is 6.54 Å². The van der Waals surface area contributed by atoms with Crippen LogP contribution in [0.25, 0.3) is 0 Å². The number of hydrogen-bond donors (Lipinski definition) is 0. The van der Waals surface area contributed by atoms with Crippen molar-refractivity contribution >= 4 is 0 Å². The Bertz CT molecular complexity index is 377. The first-order valence-corrected chi connectivity index (χ1v) is 4.70. The van der Waals surface area contributed by atoms with Gasteiger partial charge in [-0.25, -0.2) is 4.39 Å². The van der Waals surface area contributed by atoms with Crippen molar-refractivity contribution in [2.75, 3.05) is 13.1 Å². The van der Waals surface area contributed by atoms with Gasteiger partial charge in [0.15, 0.2) is 0 Å². The number of hydrogen-bond acceptors (Lipinski definition) is 2. The third kappa shape index (κ3) is 1.75. The van der Waals surface area contributed by atoms with E-state index >= 15 is 0 Å². The van der Waals surface area contributed by atoms with E-state index in [4.69, 9.17) is 5.26 Å². The summed E-state index contributed by atoms with van der Waals surface area (Å²) >= 11 is 0. The van der Waals surface area contributed by atoms with Crippen LogP contribution in [0.15, 0.2) is 18.2 Å². The van der Waals surface area contributed by atoms with Crippen molar-refractivity contribution in [3.05, 3.63) is 35.1 Å². The molecule has 1 heterocycles. The molecule has 2 rings (SSSR count). The van der Waals surface area contributed by atoms with E-state index in [2.05, 4.69) is 4.90 Å². The Hall–Kier alpha value is -1.40. The molecule has 0 aliphatic carbocycles. The van der Waals surface area contributed by atoms with E-state index in [1.165, 1.54) is 12.5 Å².